The zero-order chi connectivity index (χ0) is 26.4. The molecule has 2 aliphatic rings. The van der Waals surface area contributed by atoms with Crippen molar-refractivity contribution >= 4 is 15.9 Å². The van der Waals surface area contributed by atoms with Crippen LogP contribution in [-0.4, -0.2) is 76.4 Å². The number of carbonyl (C=O) groups is 1. The number of nitrogens with two attached hydrogens (primary N) is 1. The molecule has 1 amide bonds. The SMILES string of the molecule is Cc1cc2c(c(C(=O)NC[C@@H]3CCN(CCCOc4ccc(S(N)(=O)=O)cc4)C[C@H]3O)c1)OCCCO2. The Morgan fingerprint density at radius 2 is 1.97 bits per heavy atom. The summed E-state index contributed by atoms with van der Waals surface area (Å²) < 4.78 is 39.9. The summed E-state index contributed by atoms with van der Waals surface area (Å²) >= 11 is 0. The van der Waals surface area contributed by atoms with Gasteiger partial charge in [0, 0.05) is 32.0 Å². The van der Waals surface area contributed by atoms with Crippen molar-refractivity contribution in [1.82, 2.24) is 10.2 Å². The van der Waals surface area contributed by atoms with E-state index in [1.807, 2.05) is 13.0 Å². The molecule has 11 heteroatoms. The van der Waals surface area contributed by atoms with Crippen LogP contribution in [0, 0.1) is 12.8 Å². The van der Waals surface area contributed by atoms with Gasteiger partial charge >= 0.3 is 0 Å². The van der Waals surface area contributed by atoms with Gasteiger partial charge in [-0.25, -0.2) is 13.6 Å². The third-order valence-corrected chi connectivity index (χ3v) is 7.54. The number of amides is 1. The average molecular weight is 534 g/mol. The van der Waals surface area contributed by atoms with Gasteiger partial charge in [-0.2, -0.15) is 0 Å². The number of rotatable bonds is 9. The number of primary sulfonamides is 1. The van der Waals surface area contributed by atoms with Gasteiger partial charge in [0.15, 0.2) is 11.5 Å². The van der Waals surface area contributed by atoms with Gasteiger partial charge in [0.1, 0.15) is 5.75 Å². The normalized spacial score (nSPS) is 20.2. The van der Waals surface area contributed by atoms with Gasteiger partial charge in [-0.15, -0.1) is 0 Å². The highest BCUT2D eigenvalue weighted by atomic mass is 32.2. The second-order valence-corrected chi connectivity index (χ2v) is 11.1. The predicted molar refractivity (Wildman–Crippen MR) is 138 cm³/mol. The summed E-state index contributed by atoms with van der Waals surface area (Å²) in [7, 11) is -3.72. The van der Waals surface area contributed by atoms with Crippen LogP contribution in [0.5, 0.6) is 17.2 Å². The second kappa shape index (κ2) is 12.1. The molecule has 0 aromatic heterocycles. The van der Waals surface area contributed by atoms with Crippen LogP contribution < -0.4 is 24.7 Å². The van der Waals surface area contributed by atoms with E-state index in [0.717, 1.165) is 37.9 Å². The minimum Gasteiger partial charge on any atom is -0.494 e. The lowest BCUT2D eigenvalue weighted by Gasteiger charge is -2.36. The highest BCUT2D eigenvalue weighted by Crippen LogP contribution is 2.34. The lowest BCUT2D eigenvalue weighted by atomic mass is 9.93. The lowest BCUT2D eigenvalue weighted by Crippen LogP contribution is -2.48. The number of aliphatic hydroxyl groups is 1. The number of fused-ring (bicyclic) bond motifs is 1. The number of nitrogens with one attached hydrogen (secondary N) is 1. The molecule has 2 heterocycles. The fourth-order valence-corrected chi connectivity index (χ4v) is 5.11. The summed E-state index contributed by atoms with van der Waals surface area (Å²) in [5, 5.41) is 18.8. The molecule has 4 N–H and O–H groups in total. The van der Waals surface area contributed by atoms with E-state index in [2.05, 4.69) is 10.2 Å². The average Bonchev–Trinajstić information content (AvgIpc) is 3.10. The first-order valence-electron chi connectivity index (χ1n) is 12.6. The fourth-order valence-electron chi connectivity index (χ4n) is 4.59. The van der Waals surface area contributed by atoms with Crippen LogP contribution in [0.4, 0.5) is 0 Å². The molecule has 4 rings (SSSR count). The van der Waals surface area contributed by atoms with Gasteiger partial charge in [0.2, 0.25) is 10.0 Å². The zero-order valence-corrected chi connectivity index (χ0v) is 21.8. The van der Waals surface area contributed by atoms with Crippen molar-refractivity contribution < 1.29 is 32.5 Å². The Labute approximate surface area is 217 Å². The first kappa shape index (κ1) is 27.2. The number of ether oxygens (including phenoxy) is 3. The zero-order valence-electron chi connectivity index (χ0n) is 21.0. The molecule has 2 atom stereocenters. The smallest absolute Gasteiger partial charge is 0.255 e. The Bertz CT molecular complexity index is 1190. The third kappa shape index (κ3) is 7.35. The molecule has 0 radical (unpaired) electrons. The molecule has 0 spiro atoms. The summed E-state index contributed by atoms with van der Waals surface area (Å²) in [6.45, 7) is 5.94. The van der Waals surface area contributed by atoms with Crippen molar-refractivity contribution in [2.24, 2.45) is 11.1 Å². The van der Waals surface area contributed by atoms with Crippen LogP contribution in [0.1, 0.15) is 35.2 Å². The molecule has 0 unspecified atom stereocenters. The van der Waals surface area contributed by atoms with Crippen molar-refractivity contribution in [3.63, 3.8) is 0 Å². The Morgan fingerprint density at radius 1 is 1.22 bits per heavy atom. The van der Waals surface area contributed by atoms with Crippen molar-refractivity contribution in [2.45, 2.75) is 37.2 Å². The molecular formula is C26H35N3O7S. The standard InChI is InChI=1S/C26H35N3O7S/c1-18-14-22(25-24(15-18)35-12-3-13-36-25)26(31)28-16-19-8-10-29(17-23(19)30)9-2-11-34-20-4-6-21(7-5-20)37(27,32)33/h4-7,14-15,19,23,30H,2-3,8-13,16-17H2,1H3,(H,28,31)(H2,27,32,33)/t19-,23+/m0/s1. The Balaban J connectivity index is 1.20. The quantitative estimate of drug-likeness (QED) is 0.414. The lowest BCUT2D eigenvalue weighted by molar-refractivity contribution is 0.0205. The van der Waals surface area contributed by atoms with Crippen molar-refractivity contribution in [3.8, 4) is 17.2 Å². The number of sulfonamides is 1. The number of piperidine rings is 1. The number of likely N-dealkylation sites (tertiary alicyclic amines) is 1. The molecule has 0 bridgehead atoms. The van der Waals surface area contributed by atoms with Crippen LogP contribution in [0.25, 0.3) is 0 Å². The van der Waals surface area contributed by atoms with Crippen LogP contribution >= 0.6 is 0 Å². The molecule has 10 nitrogen and oxygen atoms in total. The van der Waals surface area contributed by atoms with E-state index >= 15 is 0 Å². The summed E-state index contributed by atoms with van der Waals surface area (Å²) in [5.41, 5.74) is 1.38. The van der Waals surface area contributed by atoms with E-state index in [4.69, 9.17) is 19.3 Å². The van der Waals surface area contributed by atoms with Crippen molar-refractivity contribution in [1.29, 1.82) is 0 Å². The highest BCUT2D eigenvalue weighted by molar-refractivity contribution is 7.89. The molecule has 37 heavy (non-hydrogen) atoms. The van der Waals surface area contributed by atoms with Gasteiger partial charge in [0.05, 0.1) is 36.4 Å². The maximum atomic E-state index is 13.0. The minimum absolute atomic E-state index is 0.0330. The molecule has 202 valence electrons. The largest absolute Gasteiger partial charge is 0.494 e. The van der Waals surface area contributed by atoms with Gasteiger partial charge in [0.25, 0.3) is 5.91 Å². The van der Waals surface area contributed by atoms with Gasteiger partial charge < -0.3 is 29.5 Å². The predicted octanol–water partition coefficient (Wildman–Crippen LogP) is 1.69. The van der Waals surface area contributed by atoms with Crippen LogP contribution in [0.15, 0.2) is 41.3 Å². The number of aryl methyl sites for hydroxylation is 1. The molecule has 0 saturated carbocycles. The summed E-state index contributed by atoms with van der Waals surface area (Å²) in [5.74, 6) is 1.40. The van der Waals surface area contributed by atoms with Crippen LogP contribution in [-0.2, 0) is 10.0 Å². The summed E-state index contributed by atoms with van der Waals surface area (Å²) in [6.07, 6.45) is 1.74. The number of β-amino-alcohol motifs (C(OH)–C–C–N with tert-alkyl or cyclic N) is 1. The summed E-state index contributed by atoms with van der Waals surface area (Å²) in [4.78, 5) is 15.2. The van der Waals surface area contributed by atoms with Crippen LogP contribution in [0.3, 0.4) is 0 Å². The first-order valence-corrected chi connectivity index (χ1v) is 14.1. The van der Waals surface area contributed by atoms with E-state index in [9.17, 15) is 18.3 Å². The molecular weight excluding hydrogens is 498 g/mol. The van der Waals surface area contributed by atoms with Crippen molar-refractivity contribution in [2.75, 3.05) is 46.0 Å². The number of hydrogen-bond acceptors (Lipinski definition) is 8. The molecule has 2 aromatic rings. The Morgan fingerprint density at radius 3 is 2.70 bits per heavy atom. The Hall–Kier alpha value is -2.86. The van der Waals surface area contributed by atoms with Gasteiger partial charge in [-0.1, -0.05) is 0 Å². The second-order valence-electron chi connectivity index (χ2n) is 9.54. The number of nitrogens with zero attached hydrogens (tertiary/aromatic N) is 1. The van der Waals surface area contributed by atoms with Crippen molar-refractivity contribution in [3.05, 3.63) is 47.5 Å². The maximum absolute atomic E-state index is 13.0. The van der Waals surface area contributed by atoms with E-state index in [1.54, 1.807) is 18.2 Å². The fraction of sp³-hybridized carbons (Fsp3) is 0.500. The Kier molecular flexibility index (Phi) is 8.91. The number of aliphatic hydroxyl groups excluding tert-OH is 1. The number of benzene rings is 2. The highest BCUT2D eigenvalue weighted by Gasteiger charge is 2.28. The third-order valence-electron chi connectivity index (χ3n) is 6.61. The maximum Gasteiger partial charge on any atom is 0.255 e. The van der Waals surface area contributed by atoms with Crippen LogP contribution in [0.2, 0.25) is 0 Å². The van der Waals surface area contributed by atoms with E-state index < -0.39 is 16.1 Å². The molecule has 1 fully saturated rings. The van der Waals surface area contributed by atoms with Gasteiger partial charge in [-0.05, 0) is 68.3 Å². The minimum atomic E-state index is -3.72. The summed E-state index contributed by atoms with van der Waals surface area (Å²) in [6, 6.07) is 9.68. The van der Waals surface area contributed by atoms with E-state index in [0.29, 0.717) is 55.7 Å². The van der Waals surface area contributed by atoms with E-state index in [1.165, 1.54) is 12.1 Å². The molecule has 2 aliphatic heterocycles. The molecule has 0 aliphatic carbocycles. The van der Waals surface area contributed by atoms with E-state index in [-0.39, 0.29) is 16.7 Å². The molecule has 1 saturated heterocycles. The first-order chi connectivity index (χ1) is 17.7. The van der Waals surface area contributed by atoms with Gasteiger partial charge in [-0.3, -0.25) is 4.79 Å². The number of carbonyl (C=O) groups excluding carboxylic acids is 1. The molecule has 2 aromatic carbocycles. The topological polar surface area (TPSA) is 140 Å². The monoisotopic (exact) mass is 533 g/mol. The number of hydrogen-bond donors (Lipinski definition) is 3.